The molecule has 0 aliphatic heterocycles. The standard InChI is InChI=1S/C21H21NO6/c1-10-14-8-6-7-9-15(14)28-19(10)21(25)27-13(4)18(23)17-11(2)16(12(3)22-17)20(24)26-5/h6-9,13,22H,1-5H3. The highest BCUT2D eigenvalue weighted by molar-refractivity contribution is 6.05. The Labute approximate surface area is 161 Å². The molecule has 0 fully saturated rings. The average molecular weight is 383 g/mol. The molecule has 146 valence electrons. The van der Waals surface area contributed by atoms with Gasteiger partial charge < -0.3 is 18.9 Å². The van der Waals surface area contributed by atoms with Gasteiger partial charge in [-0.1, -0.05) is 18.2 Å². The molecule has 1 N–H and O–H groups in total. The predicted octanol–water partition coefficient (Wildman–Crippen LogP) is 3.90. The van der Waals surface area contributed by atoms with Crippen molar-refractivity contribution < 1.29 is 28.3 Å². The SMILES string of the molecule is COC(=O)c1c(C)[nH]c(C(=O)C(C)OC(=O)c2oc3ccccc3c2C)c1C. The zero-order valence-corrected chi connectivity index (χ0v) is 16.3. The number of H-pyrrole nitrogens is 1. The van der Waals surface area contributed by atoms with Gasteiger partial charge in [0.25, 0.3) is 0 Å². The van der Waals surface area contributed by atoms with Crippen LogP contribution in [-0.2, 0) is 9.47 Å². The number of aryl methyl sites for hydroxylation is 2. The monoisotopic (exact) mass is 383 g/mol. The first-order chi connectivity index (χ1) is 13.3. The molecule has 1 atom stereocenters. The molecule has 0 aliphatic carbocycles. The number of nitrogens with one attached hydrogen (secondary N) is 1. The fourth-order valence-electron chi connectivity index (χ4n) is 3.24. The second-order valence-corrected chi connectivity index (χ2v) is 6.58. The predicted molar refractivity (Wildman–Crippen MR) is 102 cm³/mol. The molecule has 0 saturated carbocycles. The Bertz CT molecular complexity index is 1090. The van der Waals surface area contributed by atoms with Crippen LogP contribution in [0.25, 0.3) is 11.0 Å². The molecule has 0 aliphatic rings. The molecule has 1 aromatic carbocycles. The zero-order chi connectivity index (χ0) is 20.6. The third kappa shape index (κ3) is 3.19. The summed E-state index contributed by atoms with van der Waals surface area (Å²) in [6.07, 6.45) is -1.07. The maximum Gasteiger partial charge on any atom is 0.375 e. The summed E-state index contributed by atoms with van der Waals surface area (Å²) < 4.78 is 15.7. The van der Waals surface area contributed by atoms with E-state index >= 15 is 0 Å². The molecule has 2 aromatic heterocycles. The number of para-hydroxylation sites is 1. The first kappa shape index (κ1) is 19.4. The van der Waals surface area contributed by atoms with E-state index in [0.717, 1.165) is 5.39 Å². The summed E-state index contributed by atoms with van der Waals surface area (Å²) in [5, 5.41) is 0.812. The Kier molecular flexibility index (Phi) is 5.09. The number of carbonyl (C=O) groups excluding carboxylic acids is 3. The molecule has 28 heavy (non-hydrogen) atoms. The Morgan fingerprint density at radius 1 is 1.04 bits per heavy atom. The van der Waals surface area contributed by atoms with E-state index in [1.54, 1.807) is 26.8 Å². The molecule has 0 bridgehead atoms. The van der Waals surface area contributed by atoms with Crippen LogP contribution < -0.4 is 0 Å². The van der Waals surface area contributed by atoms with Crippen molar-refractivity contribution in [1.29, 1.82) is 0 Å². The Hall–Kier alpha value is -3.35. The highest BCUT2D eigenvalue weighted by Gasteiger charge is 2.29. The van der Waals surface area contributed by atoms with Crippen molar-refractivity contribution in [3.05, 3.63) is 58.1 Å². The molecule has 0 amide bonds. The Morgan fingerprint density at radius 3 is 2.36 bits per heavy atom. The fourth-order valence-corrected chi connectivity index (χ4v) is 3.24. The lowest BCUT2D eigenvalue weighted by Crippen LogP contribution is -2.25. The first-order valence-electron chi connectivity index (χ1n) is 8.77. The van der Waals surface area contributed by atoms with Gasteiger partial charge in [0.1, 0.15) is 5.58 Å². The van der Waals surface area contributed by atoms with Gasteiger partial charge in [-0.25, -0.2) is 9.59 Å². The van der Waals surface area contributed by atoms with Crippen LogP contribution in [0.1, 0.15) is 55.1 Å². The molecule has 0 radical (unpaired) electrons. The number of aromatic amines is 1. The van der Waals surface area contributed by atoms with Crippen molar-refractivity contribution in [2.75, 3.05) is 7.11 Å². The average Bonchev–Trinajstić information content (AvgIpc) is 3.17. The van der Waals surface area contributed by atoms with E-state index in [0.29, 0.717) is 28.0 Å². The van der Waals surface area contributed by atoms with Crippen LogP contribution in [0.5, 0.6) is 0 Å². The molecule has 2 heterocycles. The molecule has 7 nitrogen and oxygen atoms in total. The van der Waals surface area contributed by atoms with E-state index in [-0.39, 0.29) is 11.5 Å². The van der Waals surface area contributed by atoms with Crippen LogP contribution in [0.15, 0.2) is 28.7 Å². The Morgan fingerprint density at radius 2 is 1.71 bits per heavy atom. The van der Waals surface area contributed by atoms with E-state index in [1.807, 2.05) is 18.2 Å². The van der Waals surface area contributed by atoms with Crippen LogP contribution >= 0.6 is 0 Å². The number of rotatable bonds is 5. The van der Waals surface area contributed by atoms with Crippen molar-refractivity contribution in [3.8, 4) is 0 Å². The zero-order valence-electron chi connectivity index (χ0n) is 16.3. The van der Waals surface area contributed by atoms with E-state index in [4.69, 9.17) is 13.9 Å². The molecule has 7 heteroatoms. The highest BCUT2D eigenvalue weighted by atomic mass is 16.6. The maximum absolute atomic E-state index is 12.8. The van der Waals surface area contributed by atoms with Crippen LogP contribution in [0.2, 0.25) is 0 Å². The normalized spacial score (nSPS) is 12.0. The van der Waals surface area contributed by atoms with E-state index < -0.39 is 23.8 Å². The van der Waals surface area contributed by atoms with Gasteiger partial charge in [-0.15, -0.1) is 0 Å². The van der Waals surface area contributed by atoms with Gasteiger partial charge in [-0.05, 0) is 39.3 Å². The summed E-state index contributed by atoms with van der Waals surface area (Å²) in [6, 6.07) is 7.26. The minimum Gasteiger partial charge on any atom is -0.465 e. The number of hydrogen-bond donors (Lipinski definition) is 1. The molecule has 1 unspecified atom stereocenters. The van der Waals surface area contributed by atoms with Crippen molar-refractivity contribution >= 4 is 28.7 Å². The van der Waals surface area contributed by atoms with Crippen LogP contribution in [0, 0.1) is 20.8 Å². The van der Waals surface area contributed by atoms with E-state index in [9.17, 15) is 14.4 Å². The lowest BCUT2D eigenvalue weighted by atomic mass is 10.1. The van der Waals surface area contributed by atoms with Crippen molar-refractivity contribution in [3.63, 3.8) is 0 Å². The van der Waals surface area contributed by atoms with Crippen molar-refractivity contribution in [2.45, 2.75) is 33.8 Å². The number of furan rings is 1. The van der Waals surface area contributed by atoms with Gasteiger partial charge >= 0.3 is 11.9 Å². The smallest absolute Gasteiger partial charge is 0.375 e. The summed E-state index contributed by atoms with van der Waals surface area (Å²) in [6.45, 7) is 6.55. The number of aromatic nitrogens is 1. The molecular weight excluding hydrogens is 362 g/mol. The number of Topliss-reactive ketones (excluding diaryl/α,β-unsaturated/α-hetero) is 1. The largest absolute Gasteiger partial charge is 0.465 e. The lowest BCUT2D eigenvalue weighted by molar-refractivity contribution is 0.0288. The van der Waals surface area contributed by atoms with Gasteiger partial charge in [0.2, 0.25) is 11.5 Å². The molecule has 3 rings (SSSR count). The summed E-state index contributed by atoms with van der Waals surface area (Å²) in [7, 11) is 1.27. The first-order valence-corrected chi connectivity index (χ1v) is 8.77. The summed E-state index contributed by atoms with van der Waals surface area (Å²) >= 11 is 0. The summed E-state index contributed by atoms with van der Waals surface area (Å²) in [4.78, 5) is 40.1. The molecule has 0 spiro atoms. The number of benzene rings is 1. The lowest BCUT2D eigenvalue weighted by Gasteiger charge is -2.11. The molecule has 3 aromatic rings. The highest BCUT2D eigenvalue weighted by Crippen LogP contribution is 2.26. The number of esters is 2. The minimum atomic E-state index is -1.07. The van der Waals surface area contributed by atoms with Gasteiger partial charge in [-0.2, -0.15) is 0 Å². The summed E-state index contributed by atoms with van der Waals surface area (Å²) in [5.41, 5.74) is 2.71. The quantitative estimate of drug-likeness (QED) is 0.530. The molecular formula is C21H21NO6. The van der Waals surface area contributed by atoms with Gasteiger partial charge in [-0.3, -0.25) is 4.79 Å². The third-order valence-electron chi connectivity index (χ3n) is 4.76. The maximum atomic E-state index is 12.8. The van der Waals surface area contributed by atoms with E-state index in [2.05, 4.69) is 4.98 Å². The number of carbonyl (C=O) groups is 3. The number of ketones is 1. The second kappa shape index (κ2) is 7.34. The third-order valence-corrected chi connectivity index (χ3v) is 4.76. The Balaban J connectivity index is 1.83. The van der Waals surface area contributed by atoms with Crippen LogP contribution in [0.4, 0.5) is 0 Å². The fraction of sp³-hybridized carbons (Fsp3) is 0.286. The number of hydrogen-bond acceptors (Lipinski definition) is 6. The van der Waals surface area contributed by atoms with Crippen molar-refractivity contribution in [1.82, 2.24) is 4.98 Å². The topological polar surface area (TPSA) is 98.6 Å². The van der Waals surface area contributed by atoms with Gasteiger partial charge in [0, 0.05) is 16.6 Å². The summed E-state index contributed by atoms with van der Waals surface area (Å²) in [5.74, 6) is -1.63. The van der Waals surface area contributed by atoms with Crippen LogP contribution in [0.3, 0.4) is 0 Å². The number of methoxy groups -OCH3 is 1. The second-order valence-electron chi connectivity index (χ2n) is 6.58. The van der Waals surface area contributed by atoms with E-state index in [1.165, 1.54) is 14.0 Å². The number of fused-ring (bicyclic) bond motifs is 1. The van der Waals surface area contributed by atoms with Gasteiger partial charge in [0.05, 0.1) is 18.4 Å². The number of ether oxygens (including phenoxy) is 2. The minimum absolute atomic E-state index is 0.0653. The molecule has 0 saturated heterocycles. The van der Waals surface area contributed by atoms with Crippen LogP contribution in [-0.4, -0.2) is 35.9 Å². The van der Waals surface area contributed by atoms with Crippen molar-refractivity contribution in [2.24, 2.45) is 0 Å². The van der Waals surface area contributed by atoms with Gasteiger partial charge in [0.15, 0.2) is 6.10 Å².